The van der Waals surface area contributed by atoms with Gasteiger partial charge in [-0.15, -0.1) is 0 Å². The van der Waals surface area contributed by atoms with Gasteiger partial charge >= 0.3 is 0 Å². The highest BCUT2D eigenvalue weighted by Crippen LogP contribution is 2.22. The Morgan fingerprint density at radius 3 is 2.60 bits per heavy atom. The van der Waals surface area contributed by atoms with Crippen LogP contribution in [0.3, 0.4) is 0 Å². The SMILES string of the molecule is COc1cc(C)ccc1C(=O)CC(C)C. The van der Waals surface area contributed by atoms with Crippen molar-refractivity contribution >= 4 is 5.78 Å². The maximum atomic E-state index is 11.9. The van der Waals surface area contributed by atoms with Crippen LogP contribution in [0.25, 0.3) is 0 Å². The van der Waals surface area contributed by atoms with Gasteiger partial charge in [-0.05, 0) is 30.5 Å². The molecular formula is C13H18O2. The largest absolute Gasteiger partial charge is 0.496 e. The third kappa shape index (κ3) is 3.08. The minimum atomic E-state index is 0.154. The lowest BCUT2D eigenvalue weighted by Crippen LogP contribution is -2.05. The van der Waals surface area contributed by atoms with Crippen molar-refractivity contribution in [3.63, 3.8) is 0 Å². The van der Waals surface area contributed by atoms with Gasteiger partial charge in [0.1, 0.15) is 5.75 Å². The van der Waals surface area contributed by atoms with Crippen molar-refractivity contribution in [3.05, 3.63) is 29.3 Å². The Kier molecular flexibility index (Phi) is 3.89. The molecule has 0 saturated heterocycles. The summed E-state index contributed by atoms with van der Waals surface area (Å²) in [7, 11) is 1.60. The third-order valence-electron chi connectivity index (χ3n) is 2.25. The van der Waals surface area contributed by atoms with E-state index in [0.717, 1.165) is 5.56 Å². The minimum Gasteiger partial charge on any atom is -0.496 e. The average Bonchev–Trinajstić information content (AvgIpc) is 2.16. The molecule has 0 unspecified atom stereocenters. The summed E-state index contributed by atoms with van der Waals surface area (Å²) in [6.07, 6.45) is 0.569. The summed E-state index contributed by atoms with van der Waals surface area (Å²) in [5.41, 5.74) is 1.80. The molecule has 0 spiro atoms. The normalized spacial score (nSPS) is 10.5. The van der Waals surface area contributed by atoms with E-state index in [4.69, 9.17) is 4.74 Å². The molecule has 15 heavy (non-hydrogen) atoms. The Morgan fingerprint density at radius 2 is 2.07 bits per heavy atom. The van der Waals surface area contributed by atoms with Crippen molar-refractivity contribution in [1.82, 2.24) is 0 Å². The molecule has 0 amide bonds. The number of rotatable bonds is 4. The highest BCUT2D eigenvalue weighted by molar-refractivity contribution is 5.98. The lowest BCUT2D eigenvalue weighted by molar-refractivity contribution is 0.0965. The molecule has 2 nitrogen and oxygen atoms in total. The summed E-state index contributed by atoms with van der Waals surface area (Å²) in [4.78, 5) is 11.9. The van der Waals surface area contributed by atoms with Crippen molar-refractivity contribution in [3.8, 4) is 5.75 Å². The fourth-order valence-corrected chi connectivity index (χ4v) is 1.51. The molecule has 0 aliphatic heterocycles. The summed E-state index contributed by atoms with van der Waals surface area (Å²) < 4.78 is 5.21. The molecule has 0 radical (unpaired) electrons. The van der Waals surface area contributed by atoms with Crippen molar-refractivity contribution in [2.45, 2.75) is 27.2 Å². The zero-order valence-corrected chi connectivity index (χ0v) is 9.83. The van der Waals surface area contributed by atoms with Crippen LogP contribution >= 0.6 is 0 Å². The zero-order chi connectivity index (χ0) is 11.4. The molecule has 0 N–H and O–H groups in total. The van der Waals surface area contributed by atoms with Gasteiger partial charge in [0.15, 0.2) is 5.78 Å². The molecule has 1 aromatic rings. The summed E-state index contributed by atoms with van der Waals surface area (Å²) in [6, 6.07) is 5.68. The molecule has 0 aliphatic rings. The number of benzene rings is 1. The van der Waals surface area contributed by atoms with Crippen LogP contribution in [0.1, 0.15) is 36.2 Å². The fraction of sp³-hybridized carbons (Fsp3) is 0.462. The molecule has 1 aromatic carbocycles. The van der Waals surface area contributed by atoms with Gasteiger partial charge in [0.2, 0.25) is 0 Å². The van der Waals surface area contributed by atoms with Gasteiger partial charge in [-0.2, -0.15) is 0 Å². The quantitative estimate of drug-likeness (QED) is 0.707. The zero-order valence-electron chi connectivity index (χ0n) is 9.83. The average molecular weight is 206 g/mol. The van der Waals surface area contributed by atoms with Crippen LogP contribution in [0, 0.1) is 12.8 Å². The Morgan fingerprint density at radius 1 is 1.40 bits per heavy atom. The van der Waals surface area contributed by atoms with E-state index >= 15 is 0 Å². The fourth-order valence-electron chi connectivity index (χ4n) is 1.51. The predicted molar refractivity (Wildman–Crippen MR) is 61.5 cm³/mol. The van der Waals surface area contributed by atoms with Crippen LogP contribution < -0.4 is 4.74 Å². The first kappa shape index (κ1) is 11.8. The van der Waals surface area contributed by atoms with Crippen LogP contribution in [0.4, 0.5) is 0 Å². The number of ketones is 1. The van der Waals surface area contributed by atoms with Crippen LogP contribution in [-0.2, 0) is 0 Å². The number of aryl methyl sites for hydroxylation is 1. The van der Waals surface area contributed by atoms with Crippen molar-refractivity contribution in [2.24, 2.45) is 5.92 Å². The number of carbonyl (C=O) groups excluding carboxylic acids is 1. The topological polar surface area (TPSA) is 26.3 Å². The van der Waals surface area contributed by atoms with Gasteiger partial charge in [0.05, 0.1) is 12.7 Å². The van der Waals surface area contributed by atoms with E-state index in [0.29, 0.717) is 23.7 Å². The van der Waals surface area contributed by atoms with Crippen molar-refractivity contribution in [2.75, 3.05) is 7.11 Å². The van der Waals surface area contributed by atoms with E-state index in [-0.39, 0.29) is 5.78 Å². The summed E-state index contributed by atoms with van der Waals surface area (Å²) >= 11 is 0. The lowest BCUT2D eigenvalue weighted by atomic mass is 9.99. The second-order valence-electron chi connectivity index (χ2n) is 4.22. The number of hydrogen-bond acceptors (Lipinski definition) is 2. The highest BCUT2D eigenvalue weighted by Gasteiger charge is 2.13. The summed E-state index contributed by atoms with van der Waals surface area (Å²) in [6.45, 7) is 6.07. The number of carbonyl (C=O) groups is 1. The van der Waals surface area contributed by atoms with E-state index in [2.05, 4.69) is 0 Å². The minimum absolute atomic E-state index is 0.154. The number of hydrogen-bond donors (Lipinski definition) is 0. The first-order chi connectivity index (χ1) is 7.04. The second kappa shape index (κ2) is 4.96. The maximum absolute atomic E-state index is 11.9. The molecule has 0 bridgehead atoms. The van der Waals surface area contributed by atoms with Gasteiger partial charge in [-0.25, -0.2) is 0 Å². The molecule has 0 saturated carbocycles. The maximum Gasteiger partial charge on any atom is 0.166 e. The lowest BCUT2D eigenvalue weighted by Gasteiger charge is -2.09. The first-order valence-corrected chi connectivity index (χ1v) is 5.22. The molecule has 82 valence electrons. The smallest absolute Gasteiger partial charge is 0.166 e. The molecule has 0 atom stereocenters. The molecular weight excluding hydrogens is 188 g/mol. The first-order valence-electron chi connectivity index (χ1n) is 5.22. The highest BCUT2D eigenvalue weighted by atomic mass is 16.5. The molecule has 0 aromatic heterocycles. The van der Waals surface area contributed by atoms with E-state index in [1.807, 2.05) is 39.0 Å². The van der Waals surface area contributed by atoms with E-state index < -0.39 is 0 Å². The van der Waals surface area contributed by atoms with Gasteiger partial charge in [-0.3, -0.25) is 4.79 Å². The number of methoxy groups -OCH3 is 1. The Balaban J connectivity index is 2.97. The van der Waals surface area contributed by atoms with E-state index in [1.165, 1.54) is 0 Å². The molecule has 2 heteroatoms. The van der Waals surface area contributed by atoms with E-state index in [9.17, 15) is 4.79 Å². The second-order valence-corrected chi connectivity index (χ2v) is 4.22. The number of ether oxygens (including phenoxy) is 1. The van der Waals surface area contributed by atoms with Gasteiger partial charge in [0, 0.05) is 6.42 Å². The monoisotopic (exact) mass is 206 g/mol. The van der Waals surface area contributed by atoms with E-state index in [1.54, 1.807) is 7.11 Å². The molecule has 1 rings (SSSR count). The predicted octanol–water partition coefficient (Wildman–Crippen LogP) is 3.23. The van der Waals surface area contributed by atoms with Crippen LogP contribution in [0.5, 0.6) is 5.75 Å². The van der Waals surface area contributed by atoms with Crippen LogP contribution in [0.15, 0.2) is 18.2 Å². The van der Waals surface area contributed by atoms with Crippen LogP contribution in [0.2, 0.25) is 0 Å². The number of Topliss-reactive ketones (excluding diaryl/α,β-unsaturated/α-hetero) is 1. The van der Waals surface area contributed by atoms with Crippen molar-refractivity contribution in [1.29, 1.82) is 0 Å². The van der Waals surface area contributed by atoms with Gasteiger partial charge in [0.25, 0.3) is 0 Å². The van der Waals surface area contributed by atoms with Gasteiger partial charge in [-0.1, -0.05) is 19.9 Å². The molecule has 0 aliphatic carbocycles. The Bertz CT molecular complexity index is 354. The van der Waals surface area contributed by atoms with Crippen molar-refractivity contribution < 1.29 is 9.53 Å². The molecule has 0 heterocycles. The summed E-state index contributed by atoms with van der Waals surface area (Å²) in [5.74, 6) is 1.21. The Labute approximate surface area is 91.3 Å². The standard InChI is InChI=1S/C13H18O2/c1-9(2)7-12(14)11-6-5-10(3)8-13(11)15-4/h5-6,8-9H,7H2,1-4H3. The Hall–Kier alpha value is -1.31. The van der Waals surface area contributed by atoms with Gasteiger partial charge < -0.3 is 4.74 Å². The summed E-state index contributed by atoms with van der Waals surface area (Å²) in [5, 5.41) is 0. The molecule has 0 fully saturated rings. The third-order valence-corrected chi connectivity index (χ3v) is 2.25. The van der Waals surface area contributed by atoms with Crippen LogP contribution in [-0.4, -0.2) is 12.9 Å².